The van der Waals surface area contributed by atoms with Crippen LogP contribution in [0.25, 0.3) is 11.1 Å². The van der Waals surface area contributed by atoms with Crippen molar-refractivity contribution >= 4 is 41.0 Å². The Kier molecular flexibility index (Phi) is 8.50. The van der Waals surface area contributed by atoms with Gasteiger partial charge in [0.25, 0.3) is 0 Å². The highest BCUT2D eigenvalue weighted by Crippen LogP contribution is 2.20. The molecule has 1 aromatic heterocycles. The highest BCUT2D eigenvalue weighted by molar-refractivity contribution is 5.96. The maximum Gasteiger partial charge on any atom is 0.243 e. The third-order valence-corrected chi connectivity index (χ3v) is 3.68. The minimum Gasteiger partial charge on any atom is -0.441 e. The van der Waals surface area contributed by atoms with Gasteiger partial charge in [0, 0.05) is 19.2 Å². The molecular formula is C17H25ClN4O4. The van der Waals surface area contributed by atoms with Crippen LogP contribution in [-0.2, 0) is 20.7 Å². The van der Waals surface area contributed by atoms with Gasteiger partial charge in [-0.1, -0.05) is 13.8 Å². The molecule has 2 amide bonds. The van der Waals surface area contributed by atoms with E-state index in [9.17, 15) is 9.59 Å². The van der Waals surface area contributed by atoms with E-state index in [0.717, 1.165) is 0 Å². The fourth-order valence-electron chi connectivity index (χ4n) is 2.14. The number of carbonyl (C=O) groups excluding carboxylic acids is 2. The van der Waals surface area contributed by atoms with Gasteiger partial charge in [0.05, 0.1) is 19.2 Å². The Bertz CT molecular complexity index is 747. The lowest BCUT2D eigenvalue weighted by Crippen LogP contribution is -2.46. The molecule has 2 rings (SSSR count). The summed E-state index contributed by atoms with van der Waals surface area (Å²) in [4.78, 5) is 28.1. The summed E-state index contributed by atoms with van der Waals surface area (Å²) in [6.07, 6.45) is 0.578. The minimum absolute atomic E-state index is 0. The zero-order valence-corrected chi connectivity index (χ0v) is 15.9. The maximum atomic E-state index is 12.0. The molecular weight excluding hydrogens is 360 g/mol. The number of nitrogens with zero attached hydrogens (tertiary/aromatic N) is 1. The second kappa shape index (κ2) is 10.1. The first-order valence-corrected chi connectivity index (χ1v) is 8.12. The van der Waals surface area contributed by atoms with E-state index >= 15 is 0 Å². The number of amides is 2. The van der Waals surface area contributed by atoms with Gasteiger partial charge >= 0.3 is 0 Å². The molecule has 1 aromatic carbocycles. The zero-order valence-electron chi connectivity index (χ0n) is 15.1. The molecule has 0 aliphatic heterocycles. The average molecular weight is 385 g/mol. The molecule has 0 aliphatic carbocycles. The Labute approximate surface area is 158 Å². The molecule has 1 heterocycles. The maximum absolute atomic E-state index is 12.0. The topological polar surface area (TPSA) is 119 Å². The Hall–Kier alpha value is -2.16. The highest BCUT2D eigenvalue weighted by atomic mass is 35.5. The fraction of sp³-hybridized carbons (Fsp3) is 0.471. The van der Waals surface area contributed by atoms with Crippen LogP contribution in [0.5, 0.6) is 0 Å². The van der Waals surface area contributed by atoms with Gasteiger partial charge in [-0.05, 0) is 24.1 Å². The van der Waals surface area contributed by atoms with Crippen molar-refractivity contribution in [1.82, 2.24) is 10.3 Å². The average Bonchev–Trinajstić information content (AvgIpc) is 2.99. The molecule has 0 fully saturated rings. The van der Waals surface area contributed by atoms with Gasteiger partial charge in [-0.15, -0.1) is 12.4 Å². The summed E-state index contributed by atoms with van der Waals surface area (Å²) in [5.41, 5.74) is 7.59. The van der Waals surface area contributed by atoms with Crippen LogP contribution in [0.3, 0.4) is 0 Å². The molecule has 4 N–H and O–H groups in total. The summed E-state index contributed by atoms with van der Waals surface area (Å²) < 4.78 is 10.6. The lowest BCUT2D eigenvalue weighted by molar-refractivity contribution is -0.125. The Morgan fingerprint density at radius 1 is 1.35 bits per heavy atom. The summed E-state index contributed by atoms with van der Waals surface area (Å²) in [5, 5.41) is 5.23. The predicted octanol–water partition coefficient (Wildman–Crippen LogP) is 1.48. The molecule has 0 saturated carbocycles. The lowest BCUT2D eigenvalue weighted by Gasteiger charge is -2.15. The van der Waals surface area contributed by atoms with Crippen LogP contribution in [0, 0.1) is 5.92 Å². The van der Waals surface area contributed by atoms with E-state index in [1.165, 1.54) is 0 Å². The number of rotatable bonds is 8. The molecule has 144 valence electrons. The van der Waals surface area contributed by atoms with Crippen LogP contribution in [0.1, 0.15) is 19.7 Å². The molecule has 0 radical (unpaired) electrons. The second-order valence-corrected chi connectivity index (χ2v) is 6.07. The van der Waals surface area contributed by atoms with Gasteiger partial charge < -0.3 is 25.5 Å². The summed E-state index contributed by atoms with van der Waals surface area (Å²) in [6, 6.07) is 4.54. The second-order valence-electron chi connectivity index (χ2n) is 6.07. The van der Waals surface area contributed by atoms with Crippen molar-refractivity contribution < 1.29 is 18.7 Å². The first kappa shape index (κ1) is 21.9. The minimum atomic E-state index is -0.634. The molecule has 9 heteroatoms. The molecule has 2 aromatic rings. The van der Waals surface area contributed by atoms with Crippen LogP contribution in [0.4, 0.5) is 5.69 Å². The number of anilines is 1. The number of ether oxygens (including phenoxy) is 1. The number of halogens is 1. The van der Waals surface area contributed by atoms with E-state index in [4.69, 9.17) is 14.9 Å². The fourth-order valence-corrected chi connectivity index (χ4v) is 2.14. The van der Waals surface area contributed by atoms with E-state index < -0.39 is 6.04 Å². The monoisotopic (exact) mass is 384 g/mol. The number of nitrogens with two attached hydrogens (primary N) is 1. The SMILES string of the molecule is COCCc1nc2cc(NC(=O)CNC(=O)[C@@H](N)C(C)C)ccc2o1.Cl. The number of nitrogens with one attached hydrogen (secondary N) is 2. The Balaban J connectivity index is 0.00000338. The van der Waals surface area contributed by atoms with Gasteiger partial charge in [0.2, 0.25) is 11.8 Å². The number of aromatic nitrogens is 1. The van der Waals surface area contributed by atoms with Gasteiger partial charge in [0.15, 0.2) is 11.5 Å². The van der Waals surface area contributed by atoms with Gasteiger partial charge in [0.1, 0.15) is 5.52 Å². The van der Waals surface area contributed by atoms with E-state index in [0.29, 0.717) is 35.7 Å². The predicted molar refractivity (Wildman–Crippen MR) is 101 cm³/mol. The first-order valence-electron chi connectivity index (χ1n) is 8.12. The van der Waals surface area contributed by atoms with Crippen LogP contribution >= 0.6 is 12.4 Å². The number of carbonyl (C=O) groups is 2. The van der Waals surface area contributed by atoms with Crippen molar-refractivity contribution in [3.05, 3.63) is 24.1 Å². The van der Waals surface area contributed by atoms with Gasteiger partial charge in [-0.3, -0.25) is 9.59 Å². The van der Waals surface area contributed by atoms with Crippen LogP contribution in [-0.4, -0.2) is 43.1 Å². The third-order valence-electron chi connectivity index (χ3n) is 3.68. The van der Waals surface area contributed by atoms with E-state index in [2.05, 4.69) is 15.6 Å². The number of oxazole rings is 1. The normalized spacial score (nSPS) is 11.9. The van der Waals surface area contributed by atoms with Crippen molar-refractivity contribution in [3.8, 4) is 0 Å². The third kappa shape index (κ3) is 5.98. The molecule has 0 bridgehead atoms. The van der Waals surface area contributed by atoms with Crippen molar-refractivity contribution in [3.63, 3.8) is 0 Å². The Morgan fingerprint density at radius 2 is 2.08 bits per heavy atom. The molecule has 8 nitrogen and oxygen atoms in total. The first-order chi connectivity index (χ1) is 11.9. The molecule has 0 unspecified atom stereocenters. The lowest BCUT2D eigenvalue weighted by atomic mass is 10.1. The molecule has 26 heavy (non-hydrogen) atoms. The van der Waals surface area contributed by atoms with E-state index in [1.54, 1.807) is 25.3 Å². The molecule has 1 atom stereocenters. The largest absolute Gasteiger partial charge is 0.441 e. The quantitative estimate of drug-likeness (QED) is 0.634. The van der Waals surface area contributed by atoms with Crippen molar-refractivity contribution in [1.29, 1.82) is 0 Å². The summed E-state index contributed by atoms with van der Waals surface area (Å²) >= 11 is 0. The van der Waals surface area contributed by atoms with E-state index in [-0.39, 0.29) is 36.7 Å². The summed E-state index contributed by atoms with van der Waals surface area (Å²) in [5.74, 6) is -0.105. The summed E-state index contributed by atoms with van der Waals surface area (Å²) in [7, 11) is 1.61. The van der Waals surface area contributed by atoms with Crippen molar-refractivity contribution in [2.75, 3.05) is 25.6 Å². The smallest absolute Gasteiger partial charge is 0.243 e. The number of fused-ring (bicyclic) bond motifs is 1. The number of hydrogen-bond acceptors (Lipinski definition) is 6. The summed E-state index contributed by atoms with van der Waals surface area (Å²) in [6.45, 7) is 4.07. The van der Waals surface area contributed by atoms with Crippen molar-refractivity contribution in [2.24, 2.45) is 11.7 Å². The number of benzene rings is 1. The van der Waals surface area contributed by atoms with Gasteiger partial charge in [-0.25, -0.2) is 4.98 Å². The van der Waals surface area contributed by atoms with Crippen LogP contribution in [0.15, 0.2) is 22.6 Å². The highest BCUT2D eigenvalue weighted by Gasteiger charge is 2.17. The molecule has 0 spiro atoms. The van der Waals surface area contributed by atoms with E-state index in [1.807, 2.05) is 13.8 Å². The molecule has 0 aliphatic rings. The zero-order chi connectivity index (χ0) is 18.4. The molecule has 0 saturated heterocycles. The van der Waals surface area contributed by atoms with Gasteiger partial charge in [-0.2, -0.15) is 0 Å². The van der Waals surface area contributed by atoms with Crippen LogP contribution < -0.4 is 16.4 Å². The number of hydrogen-bond donors (Lipinski definition) is 3. The van der Waals surface area contributed by atoms with Crippen LogP contribution in [0.2, 0.25) is 0 Å². The standard InChI is InChI=1S/C17H24N4O4.ClH/c1-10(2)16(18)17(23)19-9-14(22)20-11-4-5-13-12(8-11)21-15(25-13)6-7-24-3;/h4-5,8,10,16H,6-7,9,18H2,1-3H3,(H,19,23)(H,20,22);1H/t16-;/m0./s1. The van der Waals surface area contributed by atoms with Crippen molar-refractivity contribution in [2.45, 2.75) is 26.3 Å². The Morgan fingerprint density at radius 3 is 2.73 bits per heavy atom. The number of methoxy groups -OCH3 is 1.